The molecule has 182 valence electrons. The van der Waals surface area contributed by atoms with Crippen LogP contribution in [0.5, 0.6) is 5.75 Å². The van der Waals surface area contributed by atoms with Gasteiger partial charge in [0, 0.05) is 35.7 Å². The molecule has 2 atom stereocenters. The van der Waals surface area contributed by atoms with E-state index in [9.17, 15) is 22.8 Å². The van der Waals surface area contributed by atoms with Crippen LogP contribution >= 0.6 is 0 Å². The van der Waals surface area contributed by atoms with E-state index < -0.39 is 24.0 Å². The Bertz CT molecular complexity index is 1740. The molecule has 0 aliphatic heterocycles. The molecule has 4 heterocycles. The van der Waals surface area contributed by atoms with Crippen molar-refractivity contribution in [2.75, 3.05) is 6.61 Å². The van der Waals surface area contributed by atoms with Crippen LogP contribution in [0.3, 0.4) is 0 Å². The van der Waals surface area contributed by atoms with Gasteiger partial charge in [-0.2, -0.15) is 18.3 Å². The maximum Gasteiger partial charge on any atom is 0.422 e. The molecule has 6 rings (SSSR count). The predicted octanol–water partition coefficient (Wildman–Crippen LogP) is 3.53. The summed E-state index contributed by atoms with van der Waals surface area (Å²) in [5.41, 5.74) is 2.41. The highest BCUT2D eigenvalue weighted by Gasteiger charge is 2.41. The number of ether oxygens (including phenoxy) is 1. The normalized spacial score (nSPS) is 17.5. The van der Waals surface area contributed by atoms with Gasteiger partial charge in [0.15, 0.2) is 12.3 Å². The van der Waals surface area contributed by atoms with Crippen LogP contribution in [0, 0.1) is 0 Å². The molecule has 0 radical (unpaired) electrons. The summed E-state index contributed by atoms with van der Waals surface area (Å²) in [5.74, 6) is 0.248. The second kappa shape index (κ2) is 8.04. The van der Waals surface area contributed by atoms with Gasteiger partial charge in [-0.1, -0.05) is 6.07 Å². The van der Waals surface area contributed by atoms with Crippen molar-refractivity contribution in [1.29, 1.82) is 0 Å². The van der Waals surface area contributed by atoms with Crippen molar-refractivity contribution in [3.05, 3.63) is 87.1 Å². The molecule has 9 nitrogen and oxygen atoms in total. The van der Waals surface area contributed by atoms with E-state index in [-0.39, 0.29) is 23.1 Å². The van der Waals surface area contributed by atoms with Crippen molar-refractivity contribution in [3.8, 4) is 17.0 Å². The van der Waals surface area contributed by atoms with Crippen LogP contribution in [0.1, 0.15) is 29.4 Å². The molecule has 0 bridgehead atoms. The maximum absolute atomic E-state index is 12.7. The van der Waals surface area contributed by atoms with Gasteiger partial charge in [-0.3, -0.25) is 14.8 Å². The molecule has 5 aromatic rings. The third kappa shape index (κ3) is 4.00. The molecule has 1 fully saturated rings. The highest BCUT2D eigenvalue weighted by atomic mass is 19.4. The van der Waals surface area contributed by atoms with Gasteiger partial charge in [0.1, 0.15) is 5.75 Å². The van der Waals surface area contributed by atoms with Gasteiger partial charge in [-0.05, 0) is 48.1 Å². The Hall–Kier alpha value is -4.48. The van der Waals surface area contributed by atoms with E-state index in [0.29, 0.717) is 22.2 Å². The fraction of sp³-hybridized carbons (Fsp3) is 0.208. The first-order valence-electron chi connectivity index (χ1n) is 11.0. The predicted molar refractivity (Wildman–Crippen MR) is 123 cm³/mol. The fourth-order valence-electron chi connectivity index (χ4n) is 4.51. The number of H-pyrrole nitrogens is 2. The van der Waals surface area contributed by atoms with E-state index >= 15 is 0 Å². The smallest absolute Gasteiger partial charge is 0.422 e. The lowest BCUT2D eigenvalue weighted by Crippen LogP contribution is -2.23. The van der Waals surface area contributed by atoms with Crippen molar-refractivity contribution in [1.82, 2.24) is 29.5 Å². The van der Waals surface area contributed by atoms with Crippen LogP contribution in [0.4, 0.5) is 13.2 Å². The highest BCUT2D eigenvalue weighted by molar-refractivity contribution is 5.85. The van der Waals surface area contributed by atoms with Crippen molar-refractivity contribution in [2.45, 2.75) is 24.4 Å². The van der Waals surface area contributed by atoms with Gasteiger partial charge < -0.3 is 9.72 Å². The summed E-state index contributed by atoms with van der Waals surface area (Å²) in [6.07, 6.45) is 2.34. The Morgan fingerprint density at radius 1 is 1.08 bits per heavy atom. The summed E-state index contributed by atoms with van der Waals surface area (Å²) in [5, 5.41) is 4.96. The largest absolute Gasteiger partial charge is 0.483 e. The number of imidazole rings is 1. The number of rotatable bonds is 5. The Labute approximate surface area is 199 Å². The molecule has 36 heavy (non-hydrogen) atoms. The summed E-state index contributed by atoms with van der Waals surface area (Å²) in [4.78, 5) is 37.1. The van der Waals surface area contributed by atoms with Gasteiger partial charge in [0.05, 0.1) is 16.8 Å². The topological polar surface area (TPSA) is 118 Å². The SMILES string of the molecule is O=c1[nH]cc(-c2cc([C@@H]3C[C@H]3c3ccc4nccc(OCC(F)(F)F)c4c3)c3nccn3n2)c(=O)[nH]1. The first kappa shape index (κ1) is 22.0. The molecular weight excluding hydrogens is 477 g/mol. The first-order chi connectivity index (χ1) is 17.3. The molecule has 1 aliphatic carbocycles. The fourth-order valence-corrected chi connectivity index (χ4v) is 4.51. The van der Waals surface area contributed by atoms with Crippen molar-refractivity contribution in [2.24, 2.45) is 0 Å². The average Bonchev–Trinajstić information content (AvgIpc) is 3.49. The highest BCUT2D eigenvalue weighted by Crippen LogP contribution is 2.56. The van der Waals surface area contributed by atoms with Crippen LogP contribution in [-0.4, -0.2) is 42.3 Å². The number of hydrogen-bond acceptors (Lipinski definition) is 6. The number of fused-ring (bicyclic) bond motifs is 2. The van der Waals surface area contributed by atoms with Gasteiger partial charge >= 0.3 is 11.9 Å². The second-order valence-corrected chi connectivity index (χ2v) is 8.60. The number of alkyl halides is 3. The lowest BCUT2D eigenvalue weighted by atomic mass is 10.0. The molecular formula is C24H17F3N6O3. The van der Waals surface area contributed by atoms with E-state index in [1.807, 2.05) is 12.1 Å². The summed E-state index contributed by atoms with van der Waals surface area (Å²) in [7, 11) is 0. The van der Waals surface area contributed by atoms with E-state index in [1.165, 1.54) is 18.5 Å². The zero-order valence-electron chi connectivity index (χ0n) is 18.4. The molecule has 1 aromatic carbocycles. The third-order valence-corrected chi connectivity index (χ3v) is 6.22. The minimum atomic E-state index is -4.45. The number of halogens is 3. The summed E-state index contributed by atoms with van der Waals surface area (Å²) >= 11 is 0. The lowest BCUT2D eigenvalue weighted by molar-refractivity contribution is -0.153. The third-order valence-electron chi connectivity index (χ3n) is 6.22. The van der Waals surface area contributed by atoms with E-state index in [4.69, 9.17) is 4.74 Å². The van der Waals surface area contributed by atoms with Gasteiger partial charge in [0.25, 0.3) is 5.56 Å². The van der Waals surface area contributed by atoms with Crippen LogP contribution in [0.25, 0.3) is 27.8 Å². The first-order valence-corrected chi connectivity index (χ1v) is 11.0. The average molecular weight is 494 g/mol. The number of benzene rings is 1. The number of nitrogens with zero attached hydrogens (tertiary/aromatic N) is 4. The Balaban J connectivity index is 1.37. The van der Waals surface area contributed by atoms with Crippen LogP contribution in [-0.2, 0) is 0 Å². The van der Waals surface area contributed by atoms with E-state index in [2.05, 4.69) is 25.0 Å². The Morgan fingerprint density at radius 2 is 1.94 bits per heavy atom. The maximum atomic E-state index is 12.7. The van der Waals surface area contributed by atoms with Crippen molar-refractivity contribution in [3.63, 3.8) is 0 Å². The molecule has 0 saturated heterocycles. The van der Waals surface area contributed by atoms with Crippen LogP contribution in [0.2, 0.25) is 0 Å². The van der Waals surface area contributed by atoms with E-state index in [0.717, 1.165) is 17.5 Å². The van der Waals surface area contributed by atoms with Gasteiger partial charge in [-0.15, -0.1) is 0 Å². The quantitative estimate of drug-likeness (QED) is 0.386. The number of aromatic amines is 2. The summed E-state index contributed by atoms with van der Waals surface area (Å²) < 4.78 is 44.7. The monoisotopic (exact) mass is 494 g/mol. The molecule has 0 amide bonds. The van der Waals surface area contributed by atoms with E-state index in [1.54, 1.807) is 29.0 Å². The number of pyridine rings is 1. The Kier molecular flexibility index (Phi) is 4.92. The number of hydrogen-bond donors (Lipinski definition) is 2. The molecule has 4 aromatic heterocycles. The van der Waals surface area contributed by atoms with Gasteiger partial charge in [-0.25, -0.2) is 14.3 Å². The minimum absolute atomic E-state index is 0.0483. The van der Waals surface area contributed by atoms with Crippen molar-refractivity contribution >= 4 is 16.6 Å². The zero-order chi connectivity index (χ0) is 25.0. The van der Waals surface area contributed by atoms with Crippen LogP contribution in [0.15, 0.2) is 64.7 Å². The molecule has 12 heteroatoms. The Morgan fingerprint density at radius 3 is 2.75 bits per heavy atom. The zero-order valence-corrected chi connectivity index (χ0v) is 18.4. The second-order valence-electron chi connectivity index (χ2n) is 8.60. The number of nitrogens with one attached hydrogen (secondary N) is 2. The molecule has 0 spiro atoms. The lowest BCUT2D eigenvalue weighted by Gasteiger charge is -2.12. The van der Waals surface area contributed by atoms with Crippen LogP contribution < -0.4 is 16.0 Å². The van der Waals surface area contributed by atoms with Crippen molar-refractivity contribution < 1.29 is 17.9 Å². The summed E-state index contributed by atoms with van der Waals surface area (Å²) in [6.45, 7) is -1.38. The summed E-state index contributed by atoms with van der Waals surface area (Å²) in [6, 6.07) is 8.70. The standard InChI is InChI=1S/C24H17F3N6O3/c25-24(26,27)11-36-20-3-4-28-18-2-1-12(7-16(18)20)13-8-14(13)15-9-19(32-33-6-5-29-21(15)33)17-10-30-23(35)31-22(17)34/h1-7,9-10,13-14H,8,11H2,(H2,30,31,34,35)/t13-,14+/m0/s1. The molecule has 1 saturated carbocycles. The number of aromatic nitrogens is 6. The molecule has 0 unspecified atom stereocenters. The molecule has 1 aliphatic rings. The van der Waals surface area contributed by atoms with Gasteiger partial charge in [0.2, 0.25) is 0 Å². The molecule has 2 N–H and O–H groups in total. The minimum Gasteiger partial charge on any atom is -0.483 e.